The summed E-state index contributed by atoms with van der Waals surface area (Å²) < 4.78 is 45.4. The number of nitrogens with one attached hydrogen (secondary N) is 1. The zero-order valence-corrected chi connectivity index (χ0v) is 16.8. The van der Waals surface area contributed by atoms with Crippen LogP contribution in [0.5, 0.6) is 0 Å². The first-order chi connectivity index (χ1) is 13.1. The van der Waals surface area contributed by atoms with E-state index in [4.69, 9.17) is 4.52 Å². The van der Waals surface area contributed by atoms with Gasteiger partial charge in [0.25, 0.3) is 0 Å². The van der Waals surface area contributed by atoms with Crippen LogP contribution in [0.2, 0.25) is 0 Å². The van der Waals surface area contributed by atoms with Gasteiger partial charge in [-0.1, -0.05) is 17.3 Å². The molecule has 10 heteroatoms. The molecule has 2 heterocycles. The first kappa shape index (κ1) is 20.4. The maximum Gasteiger partial charge on any atom is 0.245 e. The van der Waals surface area contributed by atoms with E-state index >= 15 is 0 Å². The molecular weight excluding hydrogens is 387 g/mol. The SMILES string of the molecule is Cc1nc(C(C)(C)NC(=O)C2CCN(S(=O)(=O)c3ccccc3F)CC2)no1. The molecule has 1 saturated heterocycles. The van der Waals surface area contributed by atoms with Crippen LogP contribution < -0.4 is 5.32 Å². The number of sulfonamides is 1. The van der Waals surface area contributed by atoms with Crippen molar-refractivity contribution < 1.29 is 22.1 Å². The summed E-state index contributed by atoms with van der Waals surface area (Å²) >= 11 is 0. The molecule has 1 N–H and O–H groups in total. The van der Waals surface area contributed by atoms with Crippen molar-refractivity contribution in [3.8, 4) is 0 Å². The minimum Gasteiger partial charge on any atom is -0.344 e. The summed E-state index contributed by atoms with van der Waals surface area (Å²) in [4.78, 5) is 16.5. The van der Waals surface area contributed by atoms with Crippen LogP contribution in [0.1, 0.15) is 38.4 Å². The van der Waals surface area contributed by atoms with E-state index in [0.29, 0.717) is 24.6 Å². The number of halogens is 1. The number of benzene rings is 1. The molecule has 0 aliphatic carbocycles. The minimum absolute atomic E-state index is 0.149. The average molecular weight is 410 g/mol. The topological polar surface area (TPSA) is 105 Å². The standard InChI is InChI=1S/C18H23FN4O4S/c1-12-20-17(22-27-12)18(2,3)21-16(24)13-8-10-23(11-9-13)28(25,26)15-7-5-4-6-14(15)19/h4-7,13H,8-11H2,1-3H3,(H,21,24). The van der Waals surface area contributed by atoms with Crippen molar-refractivity contribution in [2.45, 2.75) is 44.0 Å². The first-order valence-electron chi connectivity index (χ1n) is 8.99. The highest BCUT2D eigenvalue weighted by Crippen LogP contribution is 2.26. The van der Waals surface area contributed by atoms with Gasteiger partial charge >= 0.3 is 0 Å². The molecule has 1 fully saturated rings. The minimum atomic E-state index is -3.92. The van der Waals surface area contributed by atoms with Crippen molar-refractivity contribution in [1.29, 1.82) is 0 Å². The summed E-state index contributed by atoms with van der Waals surface area (Å²) in [5.74, 6) is -0.545. The molecule has 1 amide bonds. The number of hydrogen-bond acceptors (Lipinski definition) is 6. The van der Waals surface area contributed by atoms with Gasteiger partial charge in [0, 0.05) is 25.9 Å². The van der Waals surface area contributed by atoms with Gasteiger partial charge in [-0.05, 0) is 38.8 Å². The Morgan fingerprint density at radius 1 is 1.29 bits per heavy atom. The Bertz CT molecular complexity index is 965. The Kier molecular flexibility index (Phi) is 5.53. The van der Waals surface area contributed by atoms with Gasteiger partial charge in [-0.25, -0.2) is 12.8 Å². The average Bonchev–Trinajstić information content (AvgIpc) is 3.09. The van der Waals surface area contributed by atoms with Crippen LogP contribution in [-0.2, 0) is 20.4 Å². The second kappa shape index (κ2) is 7.59. The Hall–Kier alpha value is -2.33. The van der Waals surface area contributed by atoms with Gasteiger partial charge in [-0.2, -0.15) is 9.29 Å². The molecule has 0 spiro atoms. The van der Waals surface area contributed by atoms with Crippen molar-refractivity contribution in [2.24, 2.45) is 5.92 Å². The molecule has 0 atom stereocenters. The Balaban J connectivity index is 1.63. The molecule has 0 saturated carbocycles. The summed E-state index contributed by atoms with van der Waals surface area (Å²) in [6, 6.07) is 5.30. The Morgan fingerprint density at radius 3 is 2.50 bits per heavy atom. The molecule has 3 rings (SSSR count). The third-order valence-electron chi connectivity index (χ3n) is 4.80. The molecule has 1 aliphatic rings. The molecule has 8 nitrogen and oxygen atoms in total. The van der Waals surface area contributed by atoms with Gasteiger partial charge in [0.2, 0.25) is 21.8 Å². The number of nitrogens with zero attached hydrogens (tertiary/aromatic N) is 3. The van der Waals surface area contributed by atoms with Crippen LogP contribution in [-0.4, -0.2) is 41.9 Å². The number of carbonyl (C=O) groups excluding carboxylic acids is 1. The number of piperidine rings is 1. The Labute approximate surface area is 163 Å². The van der Waals surface area contributed by atoms with E-state index in [2.05, 4.69) is 15.5 Å². The van der Waals surface area contributed by atoms with E-state index < -0.39 is 21.4 Å². The van der Waals surface area contributed by atoms with Crippen molar-refractivity contribution >= 4 is 15.9 Å². The molecule has 1 aromatic carbocycles. The van der Waals surface area contributed by atoms with E-state index in [1.165, 1.54) is 22.5 Å². The maximum absolute atomic E-state index is 13.9. The lowest BCUT2D eigenvalue weighted by Gasteiger charge is -2.32. The highest BCUT2D eigenvalue weighted by Gasteiger charge is 2.36. The van der Waals surface area contributed by atoms with Crippen molar-refractivity contribution in [1.82, 2.24) is 19.8 Å². The van der Waals surface area contributed by atoms with Crippen LogP contribution >= 0.6 is 0 Å². The van der Waals surface area contributed by atoms with Gasteiger partial charge in [0.15, 0.2) is 5.82 Å². The predicted octanol–water partition coefficient (Wildman–Crippen LogP) is 1.97. The zero-order chi connectivity index (χ0) is 20.5. The molecule has 2 aromatic rings. The second-order valence-electron chi connectivity index (χ2n) is 7.36. The normalized spacial score (nSPS) is 16.9. The van der Waals surface area contributed by atoms with Crippen LogP contribution in [0, 0.1) is 18.7 Å². The first-order valence-corrected chi connectivity index (χ1v) is 10.4. The number of hydrogen-bond donors (Lipinski definition) is 1. The molecule has 1 aromatic heterocycles. The van der Waals surface area contributed by atoms with E-state index in [9.17, 15) is 17.6 Å². The van der Waals surface area contributed by atoms with E-state index in [0.717, 1.165) is 6.07 Å². The number of amides is 1. The molecule has 0 bridgehead atoms. The van der Waals surface area contributed by atoms with Crippen molar-refractivity contribution in [3.05, 3.63) is 41.8 Å². The fourth-order valence-electron chi connectivity index (χ4n) is 3.17. The monoisotopic (exact) mass is 410 g/mol. The summed E-state index contributed by atoms with van der Waals surface area (Å²) in [7, 11) is -3.92. The summed E-state index contributed by atoms with van der Waals surface area (Å²) in [6.45, 7) is 5.51. The summed E-state index contributed by atoms with van der Waals surface area (Å²) in [5, 5.41) is 6.75. The largest absolute Gasteiger partial charge is 0.344 e. The molecule has 1 aliphatic heterocycles. The molecular formula is C18H23FN4O4S. The van der Waals surface area contributed by atoms with Gasteiger partial charge < -0.3 is 9.84 Å². The second-order valence-corrected chi connectivity index (χ2v) is 9.27. The van der Waals surface area contributed by atoms with Crippen LogP contribution in [0.3, 0.4) is 0 Å². The number of aryl methyl sites for hydroxylation is 1. The number of rotatable bonds is 5. The van der Waals surface area contributed by atoms with Crippen molar-refractivity contribution in [3.63, 3.8) is 0 Å². The lowest BCUT2D eigenvalue weighted by molar-refractivity contribution is -0.128. The summed E-state index contributed by atoms with van der Waals surface area (Å²) in [6.07, 6.45) is 0.696. The quantitative estimate of drug-likeness (QED) is 0.808. The van der Waals surface area contributed by atoms with Crippen molar-refractivity contribution in [2.75, 3.05) is 13.1 Å². The number of aromatic nitrogens is 2. The fraction of sp³-hybridized carbons (Fsp3) is 0.500. The van der Waals surface area contributed by atoms with Gasteiger partial charge in [-0.15, -0.1) is 0 Å². The van der Waals surface area contributed by atoms with Crippen LogP contribution in [0.25, 0.3) is 0 Å². The van der Waals surface area contributed by atoms with Crippen LogP contribution in [0.15, 0.2) is 33.7 Å². The number of carbonyl (C=O) groups is 1. The zero-order valence-electron chi connectivity index (χ0n) is 16.0. The summed E-state index contributed by atoms with van der Waals surface area (Å²) in [5.41, 5.74) is -0.814. The smallest absolute Gasteiger partial charge is 0.245 e. The third-order valence-corrected chi connectivity index (χ3v) is 6.73. The van der Waals surface area contributed by atoms with E-state index in [1.54, 1.807) is 20.8 Å². The maximum atomic E-state index is 13.9. The van der Waals surface area contributed by atoms with E-state index in [1.807, 2.05) is 0 Å². The van der Waals surface area contributed by atoms with Gasteiger partial charge in [0.05, 0.1) is 5.54 Å². The predicted molar refractivity (Wildman–Crippen MR) is 98.1 cm³/mol. The Morgan fingerprint density at radius 2 is 1.93 bits per heavy atom. The fourth-order valence-corrected chi connectivity index (χ4v) is 4.71. The van der Waals surface area contributed by atoms with Crippen LogP contribution in [0.4, 0.5) is 4.39 Å². The lowest BCUT2D eigenvalue weighted by atomic mass is 9.95. The van der Waals surface area contributed by atoms with E-state index in [-0.39, 0.29) is 29.8 Å². The molecule has 0 radical (unpaired) electrons. The molecule has 28 heavy (non-hydrogen) atoms. The third kappa shape index (κ3) is 4.07. The molecule has 152 valence electrons. The lowest BCUT2D eigenvalue weighted by Crippen LogP contribution is -2.48. The highest BCUT2D eigenvalue weighted by atomic mass is 32.2. The van der Waals surface area contributed by atoms with Gasteiger partial charge in [0.1, 0.15) is 10.7 Å². The van der Waals surface area contributed by atoms with Gasteiger partial charge in [-0.3, -0.25) is 4.79 Å². The molecule has 0 unspecified atom stereocenters. The highest BCUT2D eigenvalue weighted by molar-refractivity contribution is 7.89.